The van der Waals surface area contributed by atoms with E-state index in [2.05, 4.69) is 29.1 Å². The monoisotopic (exact) mass is 992 g/mol. The molecule has 0 atom stereocenters. The maximum absolute atomic E-state index is 9.26. The van der Waals surface area contributed by atoms with Crippen LogP contribution in [0, 0.1) is 119 Å². The van der Waals surface area contributed by atoms with Crippen LogP contribution in [0.25, 0.3) is 63.3 Å². The van der Waals surface area contributed by atoms with Gasteiger partial charge in [-0.05, 0) is 75.9 Å². The molecule has 0 heterocycles. The Labute approximate surface area is 429 Å². The largest absolute Gasteiger partial charge is 0.494 e. The van der Waals surface area contributed by atoms with Gasteiger partial charge in [0.15, 0.2) is 0 Å². The summed E-state index contributed by atoms with van der Waals surface area (Å²) in [6.07, 6.45) is -0.421. The maximum atomic E-state index is 9.26. The number of nitriles is 6. The lowest BCUT2D eigenvalue weighted by Crippen LogP contribution is -2.23. The summed E-state index contributed by atoms with van der Waals surface area (Å²) in [4.78, 5) is 19.2. The first-order chi connectivity index (χ1) is 35.4. The molecule has 0 bridgehead atoms. The smallest absolute Gasteiger partial charge is 0.272 e. The van der Waals surface area contributed by atoms with Gasteiger partial charge >= 0.3 is 0 Å². The minimum absolute atomic E-state index is 0.0688. The second-order valence-corrected chi connectivity index (χ2v) is 15.9. The summed E-state index contributed by atoms with van der Waals surface area (Å²) in [5.41, 5.74) is -1.11. The Hall–Kier alpha value is -10.5. The van der Waals surface area contributed by atoms with Gasteiger partial charge in [-0.15, -0.1) is 0 Å². The van der Waals surface area contributed by atoms with E-state index in [-0.39, 0.29) is 140 Å². The van der Waals surface area contributed by atoms with Gasteiger partial charge in [-0.1, -0.05) is 27.7 Å². The zero-order valence-corrected chi connectivity index (χ0v) is 41.7. The molecule has 20 nitrogen and oxygen atoms in total. The number of hydrogen-bond acceptors (Lipinski definition) is 14. The highest BCUT2D eigenvalue weighted by Gasteiger charge is 2.16. The van der Waals surface area contributed by atoms with Gasteiger partial charge < -0.3 is 38.6 Å². The van der Waals surface area contributed by atoms with Crippen molar-refractivity contribution in [3.05, 3.63) is 136 Å². The van der Waals surface area contributed by atoms with Gasteiger partial charge in [-0.2, -0.15) is 0 Å². The van der Waals surface area contributed by atoms with E-state index in [0.29, 0.717) is 23.7 Å². The first-order valence-electron chi connectivity index (χ1n) is 21.9. The summed E-state index contributed by atoms with van der Waals surface area (Å²) in [5, 5.41) is 74.2. The van der Waals surface area contributed by atoms with Crippen molar-refractivity contribution in [3.63, 3.8) is 0 Å². The number of rotatable bonds is 16. The summed E-state index contributed by atoms with van der Waals surface area (Å²) < 4.78 is 33.5. The zero-order valence-electron chi connectivity index (χ0n) is 41.7. The fourth-order valence-corrected chi connectivity index (χ4v) is 5.67. The second-order valence-electron chi connectivity index (χ2n) is 15.9. The highest BCUT2D eigenvalue weighted by atomic mass is 16.5. The van der Waals surface area contributed by atoms with E-state index >= 15 is 0 Å². The molecule has 0 aliphatic rings. The third-order valence-corrected chi connectivity index (χ3v) is 8.65. The zero-order chi connectivity index (χ0) is 55.9. The van der Waals surface area contributed by atoms with Crippen molar-refractivity contribution in [3.8, 4) is 70.9 Å². The van der Waals surface area contributed by atoms with E-state index in [9.17, 15) is 21.0 Å². The molecule has 3 aromatic carbocycles. The van der Waals surface area contributed by atoms with E-state index in [0.717, 1.165) is 0 Å². The Morgan fingerprint density at radius 2 is 0.595 bits per heavy atom. The van der Waals surface area contributed by atoms with E-state index in [1.54, 1.807) is 39.8 Å². The van der Waals surface area contributed by atoms with Crippen LogP contribution in [0.4, 0.5) is 0 Å². The lowest BCUT2D eigenvalue weighted by molar-refractivity contribution is 0.196. The predicted molar refractivity (Wildman–Crippen MR) is 268 cm³/mol. The van der Waals surface area contributed by atoms with Gasteiger partial charge in [0, 0.05) is 31.3 Å². The molecule has 0 radical (unpaired) electrons. The average molecular weight is 993 g/mol. The predicted octanol–water partition coefficient (Wildman–Crippen LogP) is 4.75. The fourth-order valence-electron chi connectivity index (χ4n) is 5.67. The van der Waals surface area contributed by atoms with Gasteiger partial charge in [0.05, 0.1) is 114 Å². The summed E-state index contributed by atoms with van der Waals surface area (Å²) in [6.45, 7) is 57.9. The highest BCUT2D eigenvalue weighted by Crippen LogP contribution is 2.17. The van der Waals surface area contributed by atoms with Crippen molar-refractivity contribution < 1.29 is 38.6 Å². The topological polar surface area (TPSA) is 265 Å². The summed E-state index contributed by atoms with van der Waals surface area (Å²) >= 11 is 0. The molecule has 20 heteroatoms. The Morgan fingerprint density at radius 1 is 0.392 bits per heavy atom. The van der Waals surface area contributed by atoms with E-state index in [1.165, 1.54) is 36.4 Å². The maximum Gasteiger partial charge on any atom is 0.272 e. The molecular weight excluding hydrogens is 945 g/mol. The SMILES string of the molecule is [C-]#[N+]/C(C#N)=c1/cc(OC(C)C)/c(=C(\C#N)[N+]#[C-])cc1OC(C)C.[C-]#[N+]/C(C#N)=c1/cc(OCC(C)C)/c(=C(\C#N)[N+]#[C-])cc1OCC(C)C.[C-]#[N+]/C(C#N)=c1/cc(OCCO)/c(=C(\C#N)[N+]#[C-])cc1OCCO. The minimum Gasteiger partial charge on any atom is -0.494 e. The molecule has 0 spiro atoms. The van der Waals surface area contributed by atoms with Crippen molar-refractivity contribution in [2.45, 2.75) is 67.6 Å². The lowest BCUT2D eigenvalue weighted by Gasteiger charge is -2.15. The number of aliphatic hydroxyl groups is 2. The molecule has 0 saturated carbocycles. The molecule has 3 rings (SSSR count). The molecule has 372 valence electrons. The van der Waals surface area contributed by atoms with Crippen LogP contribution in [0.15, 0.2) is 36.4 Å². The summed E-state index contributed by atoms with van der Waals surface area (Å²) in [5.74, 6) is 1.69. The number of ether oxygens (including phenoxy) is 6. The first-order valence-corrected chi connectivity index (χ1v) is 21.9. The molecular formula is C54H48N12O8. The van der Waals surface area contributed by atoms with Gasteiger partial charge in [0.1, 0.15) is 47.7 Å². The number of hydrogen-bond donors (Lipinski definition) is 2. The Balaban J connectivity index is 0.000000556. The van der Waals surface area contributed by atoms with Crippen molar-refractivity contribution in [2.24, 2.45) is 11.8 Å². The van der Waals surface area contributed by atoms with Gasteiger partial charge in [0.25, 0.3) is 34.2 Å². The van der Waals surface area contributed by atoms with Crippen LogP contribution in [0.2, 0.25) is 0 Å². The van der Waals surface area contributed by atoms with Gasteiger partial charge in [-0.25, -0.2) is 60.6 Å². The molecule has 74 heavy (non-hydrogen) atoms. The molecule has 0 unspecified atom stereocenters. The molecule has 0 saturated heterocycles. The minimum atomic E-state index is -0.297. The average Bonchev–Trinajstić information content (AvgIpc) is 3.37. The van der Waals surface area contributed by atoms with Crippen LogP contribution in [0.1, 0.15) is 55.4 Å². The molecule has 0 amide bonds. The Kier molecular flexibility index (Phi) is 26.9. The standard InChI is InChI=1S/C20H20N4O2.C18H16N4O2.C16H12N4O4/c1-13(2)11-25-19-7-16(18(10-22)24-6)20(26-12-14(3)4)8-15(19)17(9-21)23-5;1-11(2)23-17-7-14(16(10-20)22-6)18(24-12(3)4)8-13(17)15(9-19)21-5;1-19-13(9-17)11-7-16(24-6-4-22)12(14(10-18)20-2)8-15(11)23-5-3-21/h7-8,13-14H,11-12H2,1-4H3;7-8,11-12H,1-4H3;7-8,21-22H,3-6H2/b17-15-,18-16+;15-13-,16-14+;13-11-,14-12+. The van der Waals surface area contributed by atoms with Crippen molar-refractivity contribution in [1.82, 2.24) is 0 Å². The molecule has 0 aliphatic carbocycles. The van der Waals surface area contributed by atoms with E-state index in [4.69, 9.17) is 88.6 Å². The summed E-state index contributed by atoms with van der Waals surface area (Å²) in [6, 6.07) is 19.4. The van der Waals surface area contributed by atoms with E-state index < -0.39 is 0 Å². The first kappa shape index (κ1) is 61.5. The molecule has 0 aromatic heterocycles. The van der Waals surface area contributed by atoms with Crippen molar-refractivity contribution in [2.75, 3.05) is 39.6 Å². The van der Waals surface area contributed by atoms with Crippen LogP contribution in [-0.4, -0.2) is 62.1 Å². The van der Waals surface area contributed by atoms with Gasteiger partial charge in [-0.3, -0.25) is 0 Å². The van der Waals surface area contributed by atoms with Crippen LogP contribution in [-0.2, 0) is 0 Å². The van der Waals surface area contributed by atoms with Crippen molar-refractivity contribution >= 4 is 34.2 Å². The molecule has 2 N–H and O–H groups in total. The van der Waals surface area contributed by atoms with Gasteiger partial charge in [0.2, 0.25) is 0 Å². The Morgan fingerprint density at radius 3 is 0.770 bits per heavy atom. The normalized spacial score (nSPS) is 12.2. The third kappa shape index (κ3) is 18.1. The lowest BCUT2D eigenvalue weighted by atomic mass is 10.1. The molecule has 0 aliphatic heterocycles. The number of nitrogens with zero attached hydrogens (tertiary/aromatic N) is 12. The van der Waals surface area contributed by atoms with Crippen LogP contribution < -0.4 is 59.7 Å². The van der Waals surface area contributed by atoms with Crippen LogP contribution >= 0.6 is 0 Å². The van der Waals surface area contributed by atoms with E-state index in [1.807, 2.05) is 52.0 Å². The third-order valence-electron chi connectivity index (χ3n) is 8.65. The molecule has 3 aromatic rings. The quantitative estimate of drug-likeness (QED) is 0.184. The van der Waals surface area contributed by atoms with Crippen LogP contribution in [0.3, 0.4) is 0 Å². The van der Waals surface area contributed by atoms with Crippen molar-refractivity contribution in [1.29, 1.82) is 31.6 Å². The second kappa shape index (κ2) is 32.3. The van der Waals surface area contributed by atoms with Crippen LogP contribution in [0.5, 0.6) is 34.5 Å². The Bertz CT molecular complexity index is 3170. The fraction of sp³-hybridized carbons (Fsp3) is 0.333. The number of benzene rings is 3. The summed E-state index contributed by atoms with van der Waals surface area (Å²) in [7, 11) is 0. The highest BCUT2D eigenvalue weighted by molar-refractivity contribution is 5.74. The number of aliphatic hydroxyl groups excluding tert-OH is 2. The molecule has 0 fully saturated rings.